The van der Waals surface area contributed by atoms with Crippen LogP contribution in [0.15, 0.2) is 42.5 Å². The summed E-state index contributed by atoms with van der Waals surface area (Å²) in [5, 5.41) is 14.8. The van der Waals surface area contributed by atoms with Crippen LogP contribution in [0, 0.1) is 5.92 Å². The lowest BCUT2D eigenvalue weighted by atomic mass is 9.95. The molecule has 0 spiro atoms. The summed E-state index contributed by atoms with van der Waals surface area (Å²) < 4.78 is 16.4. The van der Waals surface area contributed by atoms with E-state index in [1.807, 2.05) is 18.2 Å². The molecular formula is C28H37N3O8. The molecule has 1 atom stereocenters. The highest BCUT2D eigenvalue weighted by molar-refractivity contribution is 6.27. The molecule has 0 aliphatic carbocycles. The van der Waals surface area contributed by atoms with Crippen molar-refractivity contribution in [1.82, 2.24) is 9.80 Å². The summed E-state index contributed by atoms with van der Waals surface area (Å²) in [6, 6.07) is 14.4. The second kappa shape index (κ2) is 14.2. The van der Waals surface area contributed by atoms with Gasteiger partial charge in [0.15, 0.2) is 11.5 Å². The highest BCUT2D eigenvalue weighted by Crippen LogP contribution is 2.38. The van der Waals surface area contributed by atoms with Crippen LogP contribution in [0.25, 0.3) is 0 Å². The van der Waals surface area contributed by atoms with Gasteiger partial charge in [0, 0.05) is 45.0 Å². The average molecular weight is 544 g/mol. The van der Waals surface area contributed by atoms with E-state index in [4.69, 9.17) is 34.0 Å². The van der Waals surface area contributed by atoms with Gasteiger partial charge in [0.05, 0.1) is 27.2 Å². The molecule has 0 saturated carbocycles. The SMILES string of the molecule is COc1cc(CN2CCCC(C(=O)N3CCN(c4ccccc4)CC3)C2)cc(OC)c1OC.O=C(O)C(=O)O. The van der Waals surface area contributed by atoms with Crippen LogP contribution >= 0.6 is 0 Å². The molecule has 4 rings (SSSR count). The van der Waals surface area contributed by atoms with Crippen LogP contribution in [0.2, 0.25) is 0 Å². The second-order valence-electron chi connectivity index (χ2n) is 9.37. The minimum atomic E-state index is -1.82. The number of ether oxygens (including phenoxy) is 3. The second-order valence-corrected chi connectivity index (χ2v) is 9.37. The summed E-state index contributed by atoms with van der Waals surface area (Å²) >= 11 is 0. The number of hydrogen-bond acceptors (Lipinski definition) is 8. The van der Waals surface area contributed by atoms with E-state index < -0.39 is 11.9 Å². The molecule has 2 aliphatic heterocycles. The number of carboxylic acid groups (broad SMARTS) is 2. The first-order valence-corrected chi connectivity index (χ1v) is 12.8. The van der Waals surface area contributed by atoms with Crippen molar-refractivity contribution in [2.45, 2.75) is 19.4 Å². The van der Waals surface area contributed by atoms with Crippen LogP contribution in [0.5, 0.6) is 17.2 Å². The van der Waals surface area contributed by atoms with Gasteiger partial charge in [-0.3, -0.25) is 9.69 Å². The molecule has 11 nitrogen and oxygen atoms in total. The first-order valence-electron chi connectivity index (χ1n) is 12.8. The molecule has 0 radical (unpaired) electrons. The Balaban J connectivity index is 0.000000631. The predicted molar refractivity (Wildman–Crippen MR) is 145 cm³/mol. The van der Waals surface area contributed by atoms with Crippen molar-refractivity contribution in [3.63, 3.8) is 0 Å². The number of piperidine rings is 1. The summed E-state index contributed by atoms with van der Waals surface area (Å²) in [5.74, 6) is -1.36. The third kappa shape index (κ3) is 8.00. The molecule has 1 unspecified atom stereocenters. The molecule has 2 N–H and O–H groups in total. The lowest BCUT2D eigenvalue weighted by molar-refractivity contribution is -0.159. The van der Waals surface area contributed by atoms with Crippen LogP contribution in [0.4, 0.5) is 5.69 Å². The molecule has 2 heterocycles. The first-order chi connectivity index (χ1) is 18.8. The Morgan fingerprint density at radius 2 is 1.44 bits per heavy atom. The number of carbonyl (C=O) groups excluding carboxylic acids is 1. The Hall–Kier alpha value is -3.99. The lowest BCUT2D eigenvalue weighted by Crippen LogP contribution is -2.52. The van der Waals surface area contributed by atoms with E-state index in [0.717, 1.165) is 64.2 Å². The summed E-state index contributed by atoms with van der Waals surface area (Å²) in [7, 11) is 4.88. The number of nitrogens with zero attached hydrogens (tertiary/aromatic N) is 3. The molecule has 2 aliphatic rings. The molecule has 212 valence electrons. The molecular weight excluding hydrogens is 506 g/mol. The maximum atomic E-state index is 13.3. The van der Waals surface area contributed by atoms with Gasteiger partial charge in [-0.1, -0.05) is 18.2 Å². The summed E-state index contributed by atoms with van der Waals surface area (Å²) in [4.78, 5) is 38.3. The topological polar surface area (TPSA) is 129 Å². The molecule has 39 heavy (non-hydrogen) atoms. The molecule has 11 heteroatoms. The van der Waals surface area contributed by atoms with Crippen molar-refractivity contribution in [3.8, 4) is 17.2 Å². The zero-order valence-electron chi connectivity index (χ0n) is 22.7. The first kappa shape index (κ1) is 29.6. The zero-order chi connectivity index (χ0) is 28.4. The maximum absolute atomic E-state index is 13.3. The Morgan fingerprint density at radius 3 is 1.95 bits per heavy atom. The van der Waals surface area contributed by atoms with Crippen LogP contribution in [0.3, 0.4) is 0 Å². The molecule has 2 fully saturated rings. The van der Waals surface area contributed by atoms with Crippen LogP contribution in [-0.4, -0.2) is 98.5 Å². The van der Waals surface area contributed by atoms with E-state index in [0.29, 0.717) is 23.2 Å². The van der Waals surface area contributed by atoms with Gasteiger partial charge in [0.25, 0.3) is 0 Å². The third-order valence-corrected chi connectivity index (χ3v) is 6.88. The van der Waals surface area contributed by atoms with Crippen molar-refractivity contribution in [3.05, 3.63) is 48.0 Å². The Labute approximate surface area is 228 Å². The fraction of sp³-hybridized carbons (Fsp3) is 0.464. The highest BCUT2D eigenvalue weighted by Gasteiger charge is 2.31. The molecule has 2 aromatic rings. The number of anilines is 1. The quantitative estimate of drug-likeness (QED) is 0.503. The Bertz CT molecular complexity index is 1080. The molecule has 2 saturated heterocycles. The van der Waals surface area contributed by atoms with E-state index in [-0.39, 0.29) is 5.92 Å². The van der Waals surface area contributed by atoms with Crippen LogP contribution in [-0.2, 0) is 20.9 Å². The summed E-state index contributed by atoms with van der Waals surface area (Å²) in [5.41, 5.74) is 2.33. The number of amides is 1. The van der Waals surface area contributed by atoms with Gasteiger partial charge < -0.3 is 34.2 Å². The largest absolute Gasteiger partial charge is 0.493 e. The number of rotatable bonds is 7. The lowest BCUT2D eigenvalue weighted by Gasteiger charge is -2.39. The van der Waals surface area contributed by atoms with Gasteiger partial charge in [-0.25, -0.2) is 9.59 Å². The number of carboxylic acids is 2. The third-order valence-electron chi connectivity index (χ3n) is 6.88. The predicted octanol–water partition coefficient (Wildman–Crippen LogP) is 2.43. The number of benzene rings is 2. The zero-order valence-corrected chi connectivity index (χ0v) is 22.7. The van der Waals surface area contributed by atoms with Crippen LogP contribution < -0.4 is 19.1 Å². The maximum Gasteiger partial charge on any atom is 0.414 e. The van der Waals surface area contributed by atoms with Gasteiger partial charge in [-0.05, 0) is 49.2 Å². The van der Waals surface area contributed by atoms with Gasteiger partial charge in [0.2, 0.25) is 11.7 Å². The van der Waals surface area contributed by atoms with E-state index in [9.17, 15) is 4.79 Å². The van der Waals surface area contributed by atoms with E-state index in [2.05, 4.69) is 39.0 Å². The summed E-state index contributed by atoms with van der Waals surface area (Å²) in [6.07, 6.45) is 1.99. The standard InChI is InChI=1S/C26H35N3O4.C2H2O4/c1-31-23-16-20(17-24(32-2)25(23)33-3)18-27-11-7-8-21(19-27)26(30)29-14-12-28(13-15-29)22-9-5-4-6-10-22;3-1(4)2(5)6/h4-6,9-10,16-17,21H,7-8,11-15,18-19H2,1-3H3;(H,3,4)(H,5,6). The number of aliphatic carboxylic acids is 2. The fourth-order valence-corrected chi connectivity index (χ4v) is 4.97. The van der Waals surface area contributed by atoms with E-state index >= 15 is 0 Å². The highest BCUT2D eigenvalue weighted by atomic mass is 16.5. The van der Waals surface area contributed by atoms with Crippen molar-refractivity contribution in [2.75, 3.05) is 65.5 Å². The van der Waals surface area contributed by atoms with Gasteiger partial charge in [-0.15, -0.1) is 0 Å². The number of methoxy groups -OCH3 is 3. The molecule has 2 aromatic carbocycles. The smallest absolute Gasteiger partial charge is 0.414 e. The minimum Gasteiger partial charge on any atom is -0.493 e. The molecule has 1 amide bonds. The van der Waals surface area contributed by atoms with Crippen molar-refractivity contribution in [2.24, 2.45) is 5.92 Å². The number of carbonyl (C=O) groups is 3. The van der Waals surface area contributed by atoms with Gasteiger partial charge in [0.1, 0.15) is 0 Å². The Kier molecular flexibility index (Phi) is 10.8. The molecule has 0 bridgehead atoms. The molecule has 0 aromatic heterocycles. The van der Waals surface area contributed by atoms with Gasteiger partial charge >= 0.3 is 11.9 Å². The monoisotopic (exact) mass is 543 g/mol. The van der Waals surface area contributed by atoms with Crippen molar-refractivity contribution >= 4 is 23.5 Å². The van der Waals surface area contributed by atoms with E-state index in [1.165, 1.54) is 5.69 Å². The fourth-order valence-electron chi connectivity index (χ4n) is 4.97. The minimum absolute atomic E-state index is 0.0593. The van der Waals surface area contributed by atoms with Gasteiger partial charge in [-0.2, -0.15) is 0 Å². The number of piperazine rings is 1. The normalized spacial score (nSPS) is 17.5. The Morgan fingerprint density at radius 1 is 0.846 bits per heavy atom. The summed E-state index contributed by atoms with van der Waals surface area (Å²) in [6.45, 7) is 5.88. The number of likely N-dealkylation sites (tertiary alicyclic amines) is 1. The van der Waals surface area contributed by atoms with Crippen LogP contribution in [0.1, 0.15) is 18.4 Å². The number of para-hydroxylation sites is 1. The van der Waals surface area contributed by atoms with Crippen molar-refractivity contribution < 1.29 is 38.8 Å². The van der Waals surface area contributed by atoms with E-state index in [1.54, 1.807) is 21.3 Å². The average Bonchev–Trinajstić information content (AvgIpc) is 2.97. The van der Waals surface area contributed by atoms with Crippen molar-refractivity contribution in [1.29, 1.82) is 0 Å². The number of hydrogen-bond donors (Lipinski definition) is 2.